The predicted octanol–water partition coefficient (Wildman–Crippen LogP) is 6.44. The van der Waals surface area contributed by atoms with Gasteiger partial charge in [0.15, 0.2) is 5.60 Å². The SMILES string of the molecule is Cc1ccc(F)cc1[C@@H]1NC(=O)C[C@H](c2ccccc2OC(C)(C)C(=O)N2CCC(F)(F)CC2)[C@@]12C(=O)Nc1cc(Cl)ccc12. The smallest absolute Gasteiger partial charge is 0.266 e. The molecule has 3 aromatic rings. The molecule has 3 amide bonds. The number of piperidine rings is 2. The van der Waals surface area contributed by atoms with E-state index in [2.05, 4.69) is 10.6 Å². The van der Waals surface area contributed by atoms with E-state index in [4.69, 9.17) is 16.3 Å². The van der Waals surface area contributed by atoms with Crippen LogP contribution in [-0.2, 0) is 19.8 Å². The number of para-hydroxylation sites is 1. The number of amides is 3. The molecular formula is C34H33ClF3N3O4. The second-order valence-electron chi connectivity index (χ2n) is 12.6. The molecule has 0 radical (unpaired) electrons. The maximum absolute atomic E-state index is 14.7. The van der Waals surface area contributed by atoms with Gasteiger partial charge in [-0.2, -0.15) is 0 Å². The summed E-state index contributed by atoms with van der Waals surface area (Å²) in [6.45, 7) is 4.73. The molecule has 0 saturated carbocycles. The van der Waals surface area contributed by atoms with Crippen LogP contribution in [0.1, 0.15) is 67.3 Å². The number of nitrogens with zero attached hydrogens (tertiary/aromatic N) is 1. The molecule has 3 aromatic carbocycles. The van der Waals surface area contributed by atoms with Crippen LogP contribution in [0.2, 0.25) is 5.02 Å². The van der Waals surface area contributed by atoms with Gasteiger partial charge in [-0.25, -0.2) is 13.2 Å². The van der Waals surface area contributed by atoms with Crippen LogP contribution in [0.25, 0.3) is 0 Å². The molecule has 1 spiro atoms. The minimum atomic E-state index is -2.82. The molecule has 0 aromatic heterocycles. The number of hydrogen-bond donors (Lipinski definition) is 2. The van der Waals surface area contributed by atoms with Crippen LogP contribution in [0.15, 0.2) is 60.7 Å². The fraction of sp³-hybridized carbons (Fsp3) is 0.382. The Bertz CT molecular complexity index is 1700. The molecule has 45 heavy (non-hydrogen) atoms. The third kappa shape index (κ3) is 5.32. The topological polar surface area (TPSA) is 87.7 Å². The minimum Gasteiger partial charge on any atom is -0.478 e. The van der Waals surface area contributed by atoms with Crippen molar-refractivity contribution in [2.75, 3.05) is 18.4 Å². The Kier molecular flexibility index (Phi) is 7.62. The van der Waals surface area contributed by atoms with Gasteiger partial charge < -0.3 is 20.3 Å². The van der Waals surface area contributed by atoms with Crippen LogP contribution >= 0.6 is 11.6 Å². The van der Waals surface area contributed by atoms with Crippen molar-refractivity contribution in [1.29, 1.82) is 0 Å². The van der Waals surface area contributed by atoms with Crippen LogP contribution in [0.5, 0.6) is 5.75 Å². The number of ether oxygens (including phenoxy) is 1. The summed E-state index contributed by atoms with van der Waals surface area (Å²) >= 11 is 6.31. The standard InChI is InChI=1S/C34H33ClF3N3O4/c1-19-8-10-21(36)17-23(19)29-34(24-11-9-20(35)16-26(24)39-30(34)43)25(18-28(42)40-29)22-6-4-5-7-27(22)45-32(2,3)31(44)41-14-12-33(37,38)13-15-41/h4-11,16-17,25,29H,12-15,18H2,1-3H3,(H,39,43)(H,40,42)/t25-,29+,34-/m1/s1. The second-order valence-corrected chi connectivity index (χ2v) is 13.0. The molecule has 3 aliphatic heterocycles. The monoisotopic (exact) mass is 639 g/mol. The highest BCUT2D eigenvalue weighted by Crippen LogP contribution is 2.59. The van der Waals surface area contributed by atoms with Crippen molar-refractivity contribution in [1.82, 2.24) is 10.2 Å². The summed E-state index contributed by atoms with van der Waals surface area (Å²) < 4.78 is 48.8. The third-order valence-electron chi connectivity index (χ3n) is 9.26. The molecule has 2 fully saturated rings. The van der Waals surface area contributed by atoms with Crippen molar-refractivity contribution in [2.24, 2.45) is 0 Å². The number of aryl methyl sites for hydroxylation is 1. The lowest BCUT2D eigenvalue weighted by molar-refractivity contribution is -0.151. The van der Waals surface area contributed by atoms with E-state index in [1.54, 1.807) is 69.3 Å². The van der Waals surface area contributed by atoms with Gasteiger partial charge in [0, 0.05) is 49.0 Å². The molecule has 236 valence electrons. The van der Waals surface area contributed by atoms with E-state index in [1.807, 2.05) is 0 Å². The maximum atomic E-state index is 14.7. The highest BCUT2D eigenvalue weighted by atomic mass is 35.5. The number of likely N-dealkylation sites (tertiary alicyclic amines) is 1. The Morgan fingerprint density at radius 1 is 1.02 bits per heavy atom. The van der Waals surface area contributed by atoms with Crippen LogP contribution in [-0.4, -0.2) is 47.2 Å². The van der Waals surface area contributed by atoms with Crippen LogP contribution in [0.3, 0.4) is 0 Å². The minimum absolute atomic E-state index is 0.0969. The zero-order chi connectivity index (χ0) is 32.3. The Morgan fingerprint density at radius 2 is 1.73 bits per heavy atom. The van der Waals surface area contributed by atoms with E-state index in [0.29, 0.717) is 33.0 Å². The summed E-state index contributed by atoms with van der Waals surface area (Å²) in [5.74, 6) is -5.10. The molecule has 3 atom stereocenters. The predicted molar refractivity (Wildman–Crippen MR) is 163 cm³/mol. The lowest BCUT2D eigenvalue weighted by Crippen LogP contribution is -2.57. The van der Waals surface area contributed by atoms with E-state index in [0.717, 1.165) is 0 Å². The molecule has 11 heteroatoms. The fourth-order valence-electron chi connectivity index (χ4n) is 7.04. The highest BCUT2D eigenvalue weighted by Gasteiger charge is 2.62. The lowest BCUT2D eigenvalue weighted by Gasteiger charge is -2.47. The molecule has 3 aliphatic rings. The molecule has 6 rings (SSSR count). The number of halogens is 4. The summed E-state index contributed by atoms with van der Waals surface area (Å²) in [5.41, 5.74) is -0.247. The average Bonchev–Trinajstić information content (AvgIpc) is 3.26. The molecule has 0 bridgehead atoms. The Balaban J connectivity index is 1.48. The molecule has 3 heterocycles. The van der Waals surface area contributed by atoms with Crippen molar-refractivity contribution in [3.8, 4) is 5.75 Å². The van der Waals surface area contributed by atoms with Gasteiger partial charge in [0.05, 0.1) is 6.04 Å². The van der Waals surface area contributed by atoms with E-state index >= 15 is 0 Å². The maximum Gasteiger partial charge on any atom is 0.266 e. The number of benzene rings is 3. The summed E-state index contributed by atoms with van der Waals surface area (Å²) in [6, 6.07) is 15.2. The van der Waals surface area contributed by atoms with Gasteiger partial charge >= 0.3 is 0 Å². The molecule has 2 saturated heterocycles. The molecular weight excluding hydrogens is 607 g/mol. The van der Waals surface area contributed by atoms with Gasteiger partial charge in [-0.05, 0) is 73.4 Å². The number of anilines is 1. The number of hydrogen-bond acceptors (Lipinski definition) is 4. The summed E-state index contributed by atoms with van der Waals surface area (Å²) in [5, 5.41) is 6.35. The molecule has 7 nitrogen and oxygen atoms in total. The van der Waals surface area contributed by atoms with E-state index < -0.39 is 59.4 Å². The largest absolute Gasteiger partial charge is 0.478 e. The van der Waals surface area contributed by atoms with Crippen molar-refractivity contribution in [2.45, 2.75) is 68.9 Å². The number of carbonyl (C=O) groups is 3. The summed E-state index contributed by atoms with van der Waals surface area (Å²) in [4.78, 5) is 42.8. The Hall–Kier alpha value is -4.05. The number of carbonyl (C=O) groups excluding carboxylic acids is 3. The third-order valence-corrected chi connectivity index (χ3v) is 9.50. The van der Waals surface area contributed by atoms with E-state index in [9.17, 15) is 27.6 Å². The number of nitrogens with one attached hydrogen (secondary N) is 2. The normalized spacial score (nSPS) is 24.2. The lowest BCUT2D eigenvalue weighted by atomic mass is 9.59. The Labute approximate surface area is 264 Å². The van der Waals surface area contributed by atoms with Gasteiger partial charge in [0.2, 0.25) is 11.8 Å². The van der Waals surface area contributed by atoms with Crippen molar-refractivity contribution >= 4 is 35.0 Å². The Morgan fingerprint density at radius 3 is 2.47 bits per heavy atom. The first kappa shape index (κ1) is 31.0. The molecule has 0 aliphatic carbocycles. The first-order chi connectivity index (χ1) is 21.2. The molecule has 0 unspecified atom stereocenters. The van der Waals surface area contributed by atoms with Crippen LogP contribution in [0.4, 0.5) is 18.9 Å². The zero-order valence-corrected chi connectivity index (χ0v) is 25.8. The first-order valence-corrected chi connectivity index (χ1v) is 15.2. The van der Waals surface area contributed by atoms with Crippen molar-refractivity contribution in [3.63, 3.8) is 0 Å². The van der Waals surface area contributed by atoms with Gasteiger partial charge in [0.25, 0.3) is 11.8 Å². The zero-order valence-electron chi connectivity index (χ0n) is 25.1. The van der Waals surface area contributed by atoms with Crippen LogP contribution in [0, 0.1) is 12.7 Å². The average molecular weight is 640 g/mol. The first-order valence-electron chi connectivity index (χ1n) is 14.8. The number of rotatable bonds is 5. The van der Waals surface area contributed by atoms with Gasteiger partial charge in [0.1, 0.15) is 17.0 Å². The number of alkyl halides is 2. The van der Waals surface area contributed by atoms with Gasteiger partial charge in [-0.3, -0.25) is 14.4 Å². The van der Waals surface area contributed by atoms with Crippen molar-refractivity contribution < 1.29 is 32.3 Å². The van der Waals surface area contributed by atoms with E-state index in [-0.39, 0.29) is 31.2 Å². The highest BCUT2D eigenvalue weighted by molar-refractivity contribution is 6.31. The second kappa shape index (κ2) is 11.1. The van der Waals surface area contributed by atoms with E-state index in [1.165, 1.54) is 17.0 Å². The van der Waals surface area contributed by atoms with Crippen LogP contribution < -0.4 is 15.4 Å². The quantitative estimate of drug-likeness (QED) is 0.337. The fourth-order valence-corrected chi connectivity index (χ4v) is 7.21. The number of fused-ring (bicyclic) bond motifs is 2. The van der Waals surface area contributed by atoms with Gasteiger partial charge in [-0.15, -0.1) is 0 Å². The summed E-state index contributed by atoms with van der Waals surface area (Å²) in [6.07, 6.45) is -0.967. The van der Waals surface area contributed by atoms with Gasteiger partial charge in [-0.1, -0.05) is 41.9 Å². The summed E-state index contributed by atoms with van der Waals surface area (Å²) in [7, 11) is 0. The molecule has 2 N–H and O–H groups in total. The van der Waals surface area contributed by atoms with Crippen molar-refractivity contribution in [3.05, 3.63) is 93.8 Å².